The van der Waals surface area contributed by atoms with Crippen LogP contribution in [0.4, 0.5) is 0 Å². The summed E-state index contributed by atoms with van der Waals surface area (Å²) in [5.74, 6) is 0. The maximum atomic E-state index is 6.23. The predicted molar refractivity (Wildman–Crippen MR) is 68.7 cm³/mol. The van der Waals surface area contributed by atoms with Crippen LogP contribution in [0.3, 0.4) is 0 Å². The fourth-order valence-electron chi connectivity index (χ4n) is 1.85. The summed E-state index contributed by atoms with van der Waals surface area (Å²) in [5.41, 5.74) is 11.9. The normalized spacial score (nSPS) is 12.7. The second-order valence-corrected chi connectivity index (χ2v) is 5.04. The molecule has 0 amide bonds. The van der Waals surface area contributed by atoms with Crippen LogP contribution in [-0.4, -0.2) is 4.98 Å². The molecule has 1 atom stereocenters. The molecule has 2 nitrogen and oxygen atoms in total. The first kappa shape index (κ1) is 11.3. The molecule has 0 aliphatic carbocycles. The zero-order valence-electron chi connectivity index (χ0n) is 9.60. The molecule has 2 N–H and O–H groups in total. The Balaban J connectivity index is 2.21. The highest BCUT2D eigenvalue weighted by molar-refractivity contribution is 7.09. The first-order valence-electron chi connectivity index (χ1n) is 5.37. The van der Waals surface area contributed by atoms with Gasteiger partial charge in [-0.1, -0.05) is 18.2 Å². The lowest BCUT2D eigenvalue weighted by atomic mass is 9.96. The van der Waals surface area contributed by atoms with Crippen molar-refractivity contribution in [1.29, 1.82) is 0 Å². The van der Waals surface area contributed by atoms with E-state index in [1.54, 1.807) is 11.3 Å². The smallest absolute Gasteiger partial charge is 0.0794 e. The lowest BCUT2D eigenvalue weighted by Gasteiger charge is -2.15. The van der Waals surface area contributed by atoms with E-state index in [2.05, 4.69) is 37.0 Å². The van der Waals surface area contributed by atoms with Crippen molar-refractivity contribution < 1.29 is 0 Å². The molecule has 2 rings (SSSR count). The minimum Gasteiger partial charge on any atom is -0.324 e. The molecule has 0 saturated carbocycles. The van der Waals surface area contributed by atoms with Crippen LogP contribution in [0.15, 0.2) is 29.9 Å². The SMILES string of the molecule is Cc1cccc(C(N)Cc2cncs2)c1C. The zero-order chi connectivity index (χ0) is 11.5. The number of benzene rings is 1. The molecule has 16 heavy (non-hydrogen) atoms. The largest absolute Gasteiger partial charge is 0.324 e. The van der Waals surface area contributed by atoms with Gasteiger partial charge in [0.05, 0.1) is 5.51 Å². The second-order valence-electron chi connectivity index (χ2n) is 4.07. The number of aryl methyl sites for hydroxylation is 1. The average Bonchev–Trinajstić information content (AvgIpc) is 2.74. The lowest BCUT2D eigenvalue weighted by Crippen LogP contribution is -2.14. The Kier molecular flexibility index (Phi) is 3.36. The van der Waals surface area contributed by atoms with E-state index < -0.39 is 0 Å². The van der Waals surface area contributed by atoms with E-state index in [9.17, 15) is 0 Å². The van der Waals surface area contributed by atoms with Crippen LogP contribution in [-0.2, 0) is 6.42 Å². The summed E-state index contributed by atoms with van der Waals surface area (Å²) in [7, 11) is 0. The van der Waals surface area contributed by atoms with Crippen molar-refractivity contribution in [3.8, 4) is 0 Å². The molecule has 0 bridgehead atoms. The van der Waals surface area contributed by atoms with Crippen LogP contribution in [0.25, 0.3) is 0 Å². The molecule has 0 saturated heterocycles. The number of nitrogens with two attached hydrogens (primary N) is 1. The van der Waals surface area contributed by atoms with E-state index in [-0.39, 0.29) is 6.04 Å². The van der Waals surface area contributed by atoms with Crippen molar-refractivity contribution in [2.45, 2.75) is 26.3 Å². The molecule has 0 aliphatic heterocycles. The van der Waals surface area contributed by atoms with Gasteiger partial charge in [0.25, 0.3) is 0 Å². The summed E-state index contributed by atoms with van der Waals surface area (Å²) < 4.78 is 0. The van der Waals surface area contributed by atoms with Gasteiger partial charge in [-0.15, -0.1) is 11.3 Å². The van der Waals surface area contributed by atoms with E-state index in [0.717, 1.165) is 6.42 Å². The summed E-state index contributed by atoms with van der Waals surface area (Å²) in [6.07, 6.45) is 2.77. The first-order chi connectivity index (χ1) is 7.68. The number of thiazole rings is 1. The highest BCUT2D eigenvalue weighted by atomic mass is 32.1. The van der Waals surface area contributed by atoms with Gasteiger partial charge in [0.2, 0.25) is 0 Å². The molecule has 2 aromatic rings. The Labute approximate surface area is 100 Å². The second kappa shape index (κ2) is 4.76. The van der Waals surface area contributed by atoms with Crippen LogP contribution in [0, 0.1) is 13.8 Å². The maximum Gasteiger partial charge on any atom is 0.0794 e. The molecule has 3 heteroatoms. The minimum absolute atomic E-state index is 0.0698. The third kappa shape index (κ3) is 2.31. The van der Waals surface area contributed by atoms with E-state index in [0.29, 0.717) is 0 Å². The molecule has 0 radical (unpaired) electrons. The van der Waals surface area contributed by atoms with Gasteiger partial charge in [-0.25, -0.2) is 0 Å². The van der Waals surface area contributed by atoms with Crippen LogP contribution in [0.5, 0.6) is 0 Å². The number of aromatic nitrogens is 1. The summed E-state index contributed by atoms with van der Waals surface area (Å²) in [6.45, 7) is 4.26. The van der Waals surface area contributed by atoms with Crippen LogP contribution >= 0.6 is 11.3 Å². The number of rotatable bonds is 3. The van der Waals surface area contributed by atoms with Crippen molar-refractivity contribution in [2.75, 3.05) is 0 Å². The molecule has 84 valence electrons. The van der Waals surface area contributed by atoms with Gasteiger partial charge in [-0.05, 0) is 30.5 Å². The van der Waals surface area contributed by atoms with Gasteiger partial charge in [-0.2, -0.15) is 0 Å². The van der Waals surface area contributed by atoms with E-state index in [4.69, 9.17) is 5.73 Å². The van der Waals surface area contributed by atoms with E-state index >= 15 is 0 Å². The third-order valence-corrected chi connectivity index (χ3v) is 3.75. The molecule has 1 unspecified atom stereocenters. The highest BCUT2D eigenvalue weighted by Crippen LogP contribution is 2.22. The number of nitrogens with zero attached hydrogens (tertiary/aromatic N) is 1. The highest BCUT2D eigenvalue weighted by Gasteiger charge is 2.11. The summed E-state index contributed by atoms with van der Waals surface area (Å²) in [5, 5.41) is 0. The maximum absolute atomic E-state index is 6.23. The number of hydrogen-bond donors (Lipinski definition) is 1. The molecule has 0 fully saturated rings. The fourth-order valence-corrected chi connectivity index (χ4v) is 2.50. The molecular formula is C13H16N2S. The predicted octanol–water partition coefficient (Wildman–Crippen LogP) is 3.00. The van der Waals surface area contributed by atoms with Gasteiger partial charge in [-0.3, -0.25) is 4.98 Å². The van der Waals surface area contributed by atoms with Crippen LogP contribution in [0.1, 0.15) is 27.6 Å². The van der Waals surface area contributed by atoms with Gasteiger partial charge in [0.1, 0.15) is 0 Å². The van der Waals surface area contributed by atoms with Gasteiger partial charge >= 0.3 is 0 Å². The van der Waals surface area contributed by atoms with Crippen molar-refractivity contribution in [3.63, 3.8) is 0 Å². The molecule has 0 aliphatic rings. The Bertz CT molecular complexity index is 463. The molecular weight excluding hydrogens is 216 g/mol. The molecule has 1 aromatic carbocycles. The first-order valence-corrected chi connectivity index (χ1v) is 6.25. The summed E-state index contributed by atoms with van der Waals surface area (Å²) in [4.78, 5) is 5.32. The third-order valence-electron chi connectivity index (χ3n) is 2.95. The quantitative estimate of drug-likeness (QED) is 0.883. The van der Waals surface area contributed by atoms with Crippen molar-refractivity contribution in [3.05, 3.63) is 51.5 Å². The Hall–Kier alpha value is -1.19. The van der Waals surface area contributed by atoms with Crippen LogP contribution in [0.2, 0.25) is 0 Å². The minimum atomic E-state index is 0.0698. The number of hydrogen-bond acceptors (Lipinski definition) is 3. The van der Waals surface area contributed by atoms with Gasteiger partial charge in [0, 0.05) is 23.5 Å². The fraction of sp³-hybridized carbons (Fsp3) is 0.308. The van der Waals surface area contributed by atoms with Gasteiger partial charge < -0.3 is 5.73 Å². The Morgan fingerprint density at radius 1 is 1.38 bits per heavy atom. The Morgan fingerprint density at radius 3 is 2.88 bits per heavy atom. The van der Waals surface area contributed by atoms with Crippen molar-refractivity contribution in [1.82, 2.24) is 4.98 Å². The lowest BCUT2D eigenvalue weighted by molar-refractivity contribution is 0.722. The average molecular weight is 232 g/mol. The monoisotopic (exact) mass is 232 g/mol. The van der Waals surface area contributed by atoms with Crippen molar-refractivity contribution >= 4 is 11.3 Å². The van der Waals surface area contributed by atoms with Gasteiger partial charge in [0.15, 0.2) is 0 Å². The topological polar surface area (TPSA) is 38.9 Å². The molecule has 1 heterocycles. The van der Waals surface area contributed by atoms with E-state index in [1.807, 2.05) is 11.7 Å². The molecule has 0 spiro atoms. The van der Waals surface area contributed by atoms with Crippen LogP contribution < -0.4 is 5.73 Å². The van der Waals surface area contributed by atoms with E-state index in [1.165, 1.54) is 21.6 Å². The zero-order valence-corrected chi connectivity index (χ0v) is 10.4. The standard InChI is InChI=1S/C13H16N2S/c1-9-4-3-5-12(10(9)2)13(14)6-11-7-15-8-16-11/h3-5,7-8,13H,6,14H2,1-2H3. The summed E-state index contributed by atoms with van der Waals surface area (Å²) in [6, 6.07) is 6.39. The Morgan fingerprint density at radius 2 is 2.19 bits per heavy atom. The molecule has 1 aromatic heterocycles. The summed E-state index contributed by atoms with van der Waals surface area (Å²) >= 11 is 1.66. The van der Waals surface area contributed by atoms with Crippen molar-refractivity contribution in [2.24, 2.45) is 5.73 Å².